The van der Waals surface area contributed by atoms with E-state index in [2.05, 4.69) is 60.9 Å². The smallest absolute Gasteiger partial charge is 0.0234 e. The SMILES string of the molecule is CCC(C)CC(CC)N1CCN(Cc2ccccc2)CC1. The van der Waals surface area contributed by atoms with Gasteiger partial charge >= 0.3 is 0 Å². The molecule has 0 radical (unpaired) electrons. The van der Waals surface area contributed by atoms with E-state index < -0.39 is 0 Å². The topological polar surface area (TPSA) is 6.48 Å². The van der Waals surface area contributed by atoms with Crippen molar-refractivity contribution in [2.24, 2.45) is 5.92 Å². The second kappa shape index (κ2) is 8.55. The lowest BCUT2D eigenvalue weighted by Crippen LogP contribution is -2.50. The van der Waals surface area contributed by atoms with Crippen molar-refractivity contribution in [1.82, 2.24) is 9.80 Å². The molecule has 0 spiro atoms. The maximum absolute atomic E-state index is 2.73. The molecule has 0 bridgehead atoms. The van der Waals surface area contributed by atoms with Gasteiger partial charge in [0.1, 0.15) is 0 Å². The molecule has 1 fully saturated rings. The van der Waals surface area contributed by atoms with Crippen molar-refractivity contribution in [3.8, 4) is 0 Å². The zero-order valence-electron chi connectivity index (χ0n) is 14.1. The molecule has 0 aromatic heterocycles. The molecule has 1 aromatic rings. The second-order valence-corrected chi connectivity index (χ2v) is 6.61. The highest BCUT2D eigenvalue weighted by Crippen LogP contribution is 2.19. The standard InChI is InChI=1S/C19H32N2/c1-4-17(3)15-19(5-2)21-13-11-20(12-14-21)16-18-9-7-6-8-10-18/h6-10,17,19H,4-5,11-16H2,1-3H3. The van der Waals surface area contributed by atoms with E-state index >= 15 is 0 Å². The van der Waals surface area contributed by atoms with Crippen molar-refractivity contribution < 1.29 is 0 Å². The van der Waals surface area contributed by atoms with E-state index in [1.54, 1.807) is 0 Å². The van der Waals surface area contributed by atoms with Crippen molar-refractivity contribution in [3.05, 3.63) is 35.9 Å². The summed E-state index contributed by atoms with van der Waals surface area (Å²) < 4.78 is 0. The van der Waals surface area contributed by atoms with E-state index in [1.165, 1.54) is 51.0 Å². The maximum Gasteiger partial charge on any atom is 0.0234 e. The summed E-state index contributed by atoms with van der Waals surface area (Å²) in [5, 5.41) is 0. The van der Waals surface area contributed by atoms with Crippen molar-refractivity contribution in [1.29, 1.82) is 0 Å². The van der Waals surface area contributed by atoms with E-state index in [0.717, 1.165) is 18.5 Å². The molecule has 0 saturated carbocycles. The van der Waals surface area contributed by atoms with E-state index in [0.29, 0.717) is 0 Å². The van der Waals surface area contributed by atoms with Gasteiger partial charge in [-0.15, -0.1) is 0 Å². The Morgan fingerprint density at radius 2 is 1.62 bits per heavy atom. The van der Waals surface area contributed by atoms with Crippen LogP contribution >= 0.6 is 0 Å². The highest BCUT2D eigenvalue weighted by Gasteiger charge is 2.23. The highest BCUT2D eigenvalue weighted by atomic mass is 15.3. The summed E-state index contributed by atoms with van der Waals surface area (Å²) in [6.45, 7) is 13.1. The molecule has 21 heavy (non-hydrogen) atoms. The molecule has 1 aliphatic heterocycles. The van der Waals surface area contributed by atoms with Gasteiger partial charge in [-0.05, 0) is 24.3 Å². The molecule has 1 saturated heterocycles. The summed E-state index contributed by atoms with van der Waals surface area (Å²) in [6, 6.07) is 11.7. The first kappa shape index (κ1) is 16.5. The van der Waals surface area contributed by atoms with Crippen LogP contribution in [0.4, 0.5) is 0 Å². The number of rotatable bonds is 7. The molecule has 1 aliphatic rings. The predicted molar refractivity (Wildman–Crippen MR) is 91.4 cm³/mol. The maximum atomic E-state index is 2.73. The Morgan fingerprint density at radius 1 is 0.952 bits per heavy atom. The fourth-order valence-corrected chi connectivity index (χ4v) is 3.33. The Kier molecular flexibility index (Phi) is 6.72. The zero-order valence-corrected chi connectivity index (χ0v) is 14.1. The average Bonchev–Trinajstić information content (AvgIpc) is 2.54. The first-order valence-electron chi connectivity index (χ1n) is 8.73. The fourth-order valence-electron chi connectivity index (χ4n) is 3.33. The lowest BCUT2D eigenvalue weighted by molar-refractivity contribution is 0.0796. The molecule has 2 unspecified atom stereocenters. The van der Waals surface area contributed by atoms with Crippen LogP contribution in [0.3, 0.4) is 0 Å². The van der Waals surface area contributed by atoms with Gasteiger partial charge in [0.25, 0.3) is 0 Å². The van der Waals surface area contributed by atoms with Crippen LogP contribution in [0.2, 0.25) is 0 Å². The molecular weight excluding hydrogens is 256 g/mol. The van der Waals surface area contributed by atoms with Gasteiger partial charge in [-0.25, -0.2) is 0 Å². The first-order valence-corrected chi connectivity index (χ1v) is 8.73. The molecule has 2 atom stereocenters. The van der Waals surface area contributed by atoms with Gasteiger partial charge in [0.05, 0.1) is 0 Å². The van der Waals surface area contributed by atoms with E-state index in [9.17, 15) is 0 Å². The van der Waals surface area contributed by atoms with Gasteiger partial charge in [0.15, 0.2) is 0 Å². The Bertz CT molecular complexity index is 382. The van der Waals surface area contributed by atoms with Crippen LogP contribution in [0, 0.1) is 5.92 Å². The fraction of sp³-hybridized carbons (Fsp3) is 0.684. The molecule has 2 rings (SSSR count). The van der Waals surface area contributed by atoms with Crippen LogP contribution in [-0.4, -0.2) is 42.0 Å². The minimum absolute atomic E-state index is 0.791. The Morgan fingerprint density at radius 3 is 2.19 bits per heavy atom. The third-order valence-electron chi connectivity index (χ3n) is 5.01. The van der Waals surface area contributed by atoms with Gasteiger partial charge in [-0.2, -0.15) is 0 Å². The molecule has 118 valence electrons. The number of piperazine rings is 1. The van der Waals surface area contributed by atoms with Gasteiger partial charge in [0, 0.05) is 38.8 Å². The van der Waals surface area contributed by atoms with E-state index in [1.807, 2.05) is 0 Å². The molecule has 0 amide bonds. The van der Waals surface area contributed by atoms with Crippen LogP contribution in [-0.2, 0) is 6.54 Å². The molecule has 0 N–H and O–H groups in total. The van der Waals surface area contributed by atoms with E-state index in [4.69, 9.17) is 0 Å². The summed E-state index contributed by atoms with van der Waals surface area (Å²) in [7, 11) is 0. The quantitative estimate of drug-likeness (QED) is 0.748. The largest absolute Gasteiger partial charge is 0.298 e. The van der Waals surface area contributed by atoms with Gasteiger partial charge in [0.2, 0.25) is 0 Å². The van der Waals surface area contributed by atoms with Crippen molar-refractivity contribution >= 4 is 0 Å². The third kappa shape index (κ3) is 5.12. The number of hydrogen-bond acceptors (Lipinski definition) is 2. The minimum atomic E-state index is 0.791. The summed E-state index contributed by atoms with van der Waals surface area (Å²) >= 11 is 0. The van der Waals surface area contributed by atoms with Crippen LogP contribution in [0.5, 0.6) is 0 Å². The van der Waals surface area contributed by atoms with Crippen molar-refractivity contribution in [2.45, 2.75) is 52.6 Å². The monoisotopic (exact) mass is 288 g/mol. The molecule has 2 nitrogen and oxygen atoms in total. The summed E-state index contributed by atoms with van der Waals surface area (Å²) in [5.74, 6) is 0.859. The van der Waals surface area contributed by atoms with Crippen LogP contribution in [0.25, 0.3) is 0 Å². The summed E-state index contributed by atoms with van der Waals surface area (Å²) in [6.07, 6.45) is 3.97. The lowest BCUT2D eigenvalue weighted by atomic mass is 9.96. The van der Waals surface area contributed by atoms with Gasteiger partial charge in [-0.3, -0.25) is 9.80 Å². The predicted octanol–water partition coefficient (Wildman–Crippen LogP) is 4.02. The lowest BCUT2D eigenvalue weighted by Gasteiger charge is -2.40. The van der Waals surface area contributed by atoms with Gasteiger partial charge < -0.3 is 0 Å². The first-order chi connectivity index (χ1) is 10.2. The zero-order chi connectivity index (χ0) is 15.1. The number of nitrogens with zero attached hydrogens (tertiary/aromatic N) is 2. The van der Waals surface area contributed by atoms with Crippen molar-refractivity contribution in [2.75, 3.05) is 26.2 Å². The molecule has 2 heteroatoms. The van der Waals surface area contributed by atoms with Crippen molar-refractivity contribution in [3.63, 3.8) is 0 Å². The Hall–Kier alpha value is -0.860. The number of hydrogen-bond donors (Lipinski definition) is 0. The molecular formula is C19H32N2. The third-order valence-corrected chi connectivity index (χ3v) is 5.01. The highest BCUT2D eigenvalue weighted by molar-refractivity contribution is 5.14. The van der Waals surface area contributed by atoms with Crippen LogP contribution < -0.4 is 0 Å². The molecule has 0 aliphatic carbocycles. The second-order valence-electron chi connectivity index (χ2n) is 6.61. The molecule has 1 heterocycles. The van der Waals surface area contributed by atoms with E-state index in [-0.39, 0.29) is 0 Å². The molecule has 1 aromatic carbocycles. The Labute approximate surface area is 131 Å². The van der Waals surface area contributed by atoms with Gasteiger partial charge in [-0.1, -0.05) is 57.5 Å². The average molecular weight is 288 g/mol. The summed E-state index contributed by atoms with van der Waals surface area (Å²) in [5.41, 5.74) is 1.44. The van der Waals surface area contributed by atoms with Crippen LogP contribution in [0.15, 0.2) is 30.3 Å². The number of benzene rings is 1. The summed E-state index contributed by atoms with van der Waals surface area (Å²) in [4.78, 5) is 5.33. The van der Waals surface area contributed by atoms with Crippen LogP contribution in [0.1, 0.15) is 45.6 Å². The minimum Gasteiger partial charge on any atom is -0.298 e. The normalized spacial score (nSPS) is 20.3. The Balaban J connectivity index is 1.79.